The molecule has 2 amide bonds. The Morgan fingerprint density at radius 3 is 2.44 bits per heavy atom. The third kappa shape index (κ3) is 4.80. The summed E-state index contributed by atoms with van der Waals surface area (Å²) in [4.78, 5) is 20.4. The highest BCUT2D eigenvalue weighted by Gasteiger charge is 1.97. The van der Waals surface area contributed by atoms with E-state index < -0.39 is 6.03 Å². The number of amides is 2. The Balaban J connectivity index is 3.28. The first kappa shape index (κ1) is 7.94. The van der Waals surface area contributed by atoms with Crippen molar-refractivity contribution >= 4 is 11.8 Å². The molecule has 0 rings (SSSR count). The number of carbonyl (C=O) groups is 2. The van der Waals surface area contributed by atoms with Crippen LogP contribution in [0.1, 0.15) is 13.3 Å². The van der Waals surface area contributed by atoms with Crippen LogP contribution in [0.5, 0.6) is 0 Å². The van der Waals surface area contributed by atoms with Gasteiger partial charge in [0.2, 0.25) is 0 Å². The highest BCUT2D eigenvalue weighted by atomic mass is 16.2. The van der Waals surface area contributed by atoms with Gasteiger partial charge in [-0.3, -0.25) is 4.79 Å². The fourth-order valence-corrected chi connectivity index (χ4v) is 0.311. The smallest absolute Gasteiger partial charge is 0.312 e. The number of urea groups is 1. The van der Waals surface area contributed by atoms with Gasteiger partial charge in [0.1, 0.15) is 0 Å². The molecule has 9 heavy (non-hydrogen) atoms. The lowest BCUT2D eigenvalue weighted by Crippen LogP contribution is -2.33. The molecule has 0 aliphatic heterocycles. The van der Waals surface area contributed by atoms with Crippen LogP contribution in [0, 0.1) is 0 Å². The van der Waals surface area contributed by atoms with Crippen molar-refractivity contribution in [2.45, 2.75) is 13.3 Å². The maximum Gasteiger partial charge on any atom is 0.312 e. The molecule has 0 aromatic rings. The predicted octanol–water partition coefficient (Wildman–Crippen LogP) is -0.366. The molecule has 0 atom stereocenters. The Labute approximate surface area is 53.4 Å². The van der Waals surface area contributed by atoms with Gasteiger partial charge >= 0.3 is 6.03 Å². The van der Waals surface area contributed by atoms with Gasteiger partial charge in [-0.25, -0.2) is 4.79 Å². The van der Waals surface area contributed by atoms with Gasteiger partial charge in [0.25, 0.3) is 0 Å². The molecule has 0 radical (unpaired) electrons. The van der Waals surface area contributed by atoms with E-state index in [9.17, 15) is 9.59 Å². The lowest BCUT2D eigenvalue weighted by Gasteiger charge is -1.95. The fourth-order valence-electron chi connectivity index (χ4n) is 0.311. The number of nitrogens with one attached hydrogen (secondary N) is 1. The van der Waals surface area contributed by atoms with Gasteiger partial charge in [-0.1, -0.05) is 6.92 Å². The Bertz CT molecular complexity index is 122. The number of Topliss-reactive ketones (excluding diaryl/α,β-unsaturated/α-hetero) is 1. The van der Waals surface area contributed by atoms with E-state index in [0.29, 0.717) is 6.42 Å². The summed E-state index contributed by atoms with van der Waals surface area (Å²) in [6, 6.07) is -0.656. The summed E-state index contributed by atoms with van der Waals surface area (Å²) in [5.41, 5.74) is 4.69. The van der Waals surface area contributed by atoms with E-state index in [1.165, 1.54) is 0 Å². The Kier molecular flexibility index (Phi) is 3.43. The van der Waals surface area contributed by atoms with Crippen molar-refractivity contribution in [1.82, 2.24) is 5.32 Å². The first-order valence-electron chi connectivity index (χ1n) is 2.71. The van der Waals surface area contributed by atoms with Crippen LogP contribution >= 0.6 is 0 Å². The topological polar surface area (TPSA) is 72.2 Å². The van der Waals surface area contributed by atoms with E-state index in [1.54, 1.807) is 6.92 Å². The van der Waals surface area contributed by atoms with Crippen molar-refractivity contribution in [3.63, 3.8) is 0 Å². The molecule has 3 N–H and O–H groups in total. The molecule has 0 aromatic carbocycles. The number of ketones is 1. The van der Waals surface area contributed by atoms with Gasteiger partial charge in [-0.15, -0.1) is 0 Å². The van der Waals surface area contributed by atoms with Crippen LogP contribution in [0.25, 0.3) is 0 Å². The number of nitrogens with two attached hydrogens (primary N) is 1. The second-order valence-corrected chi connectivity index (χ2v) is 1.61. The molecule has 0 aliphatic carbocycles. The van der Waals surface area contributed by atoms with Gasteiger partial charge in [-0.05, 0) is 0 Å². The van der Waals surface area contributed by atoms with E-state index in [1.807, 2.05) is 0 Å². The molecule has 52 valence electrons. The van der Waals surface area contributed by atoms with Crippen LogP contribution in [0.3, 0.4) is 0 Å². The molecular weight excluding hydrogens is 120 g/mol. The zero-order valence-corrected chi connectivity index (χ0v) is 5.31. The molecule has 0 fully saturated rings. The molecule has 4 heteroatoms. The van der Waals surface area contributed by atoms with Crippen molar-refractivity contribution < 1.29 is 9.59 Å². The van der Waals surface area contributed by atoms with Crippen LogP contribution in [0.15, 0.2) is 0 Å². The number of carbonyl (C=O) groups excluding carboxylic acids is 2. The van der Waals surface area contributed by atoms with Gasteiger partial charge in [-0.2, -0.15) is 0 Å². The molecular formula is C5H10N2O2. The van der Waals surface area contributed by atoms with E-state index >= 15 is 0 Å². The Hall–Kier alpha value is -1.06. The lowest BCUT2D eigenvalue weighted by atomic mass is 10.3. The third-order valence-electron chi connectivity index (χ3n) is 0.854. The summed E-state index contributed by atoms with van der Waals surface area (Å²) in [6.07, 6.45) is 0.431. The maximum absolute atomic E-state index is 10.4. The molecule has 0 aliphatic rings. The van der Waals surface area contributed by atoms with Gasteiger partial charge in [0, 0.05) is 6.42 Å². The number of primary amides is 1. The zero-order chi connectivity index (χ0) is 7.28. The SMILES string of the molecule is CCC(=O)CNC(N)=O. The summed E-state index contributed by atoms with van der Waals surface area (Å²) < 4.78 is 0. The molecule has 0 saturated heterocycles. The van der Waals surface area contributed by atoms with Crippen molar-refractivity contribution in [2.24, 2.45) is 5.73 Å². The molecule has 0 unspecified atom stereocenters. The molecule has 0 bridgehead atoms. The minimum absolute atomic E-state index is 0.0196. The number of hydrogen-bond acceptors (Lipinski definition) is 2. The van der Waals surface area contributed by atoms with E-state index in [-0.39, 0.29) is 12.3 Å². The number of hydrogen-bond donors (Lipinski definition) is 2. The zero-order valence-electron chi connectivity index (χ0n) is 5.31. The maximum atomic E-state index is 10.4. The van der Waals surface area contributed by atoms with Gasteiger partial charge in [0.15, 0.2) is 5.78 Å². The van der Waals surface area contributed by atoms with Crippen molar-refractivity contribution in [3.05, 3.63) is 0 Å². The average Bonchev–Trinajstić information content (AvgIpc) is 1.83. The summed E-state index contributed by atoms with van der Waals surface area (Å²) in [6.45, 7) is 1.77. The molecule has 0 saturated carbocycles. The quantitative estimate of drug-likeness (QED) is 0.547. The predicted molar refractivity (Wildman–Crippen MR) is 32.9 cm³/mol. The van der Waals surface area contributed by atoms with Crippen molar-refractivity contribution in [2.75, 3.05) is 6.54 Å². The monoisotopic (exact) mass is 130 g/mol. The van der Waals surface area contributed by atoms with Crippen LogP contribution in [-0.2, 0) is 4.79 Å². The minimum Gasteiger partial charge on any atom is -0.352 e. The van der Waals surface area contributed by atoms with Gasteiger partial charge < -0.3 is 11.1 Å². The first-order chi connectivity index (χ1) is 4.16. The first-order valence-corrected chi connectivity index (χ1v) is 2.71. The van der Waals surface area contributed by atoms with Crippen molar-refractivity contribution in [1.29, 1.82) is 0 Å². The van der Waals surface area contributed by atoms with Crippen LogP contribution in [0.4, 0.5) is 4.79 Å². The lowest BCUT2D eigenvalue weighted by molar-refractivity contribution is -0.117. The van der Waals surface area contributed by atoms with Crippen LogP contribution < -0.4 is 11.1 Å². The second kappa shape index (κ2) is 3.88. The summed E-state index contributed by atoms with van der Waals surface area (Å²) >= 11 is 0. The summed E-state index contributed by atoms with van der Waals surface area (Å²) in [5.74, 6) is -0.0196. The summed E-state index contributed by atoms with van der Waals surface area (Å²) in [5, 5.41) is 2.19. The molecule has 0 heterocycles. The largest absolute Gasteiger partial charge is 0.352 e. The van der Waals surface area contributed by atoms with E-state index in [0.717, 1.165) is 0 Å². The van der Waals surface area contributed by atoms with E-state index in [4.69, 9.17) is 5.73 Å². The third-order valence-corrected chi connectivity index (χ3v) is 0.854. The molecule has 0 spiro atoms. The normalized spacial score (nSPS) is 8.56. The molecule has 4 nitrogen and oxygen atoms in total. The summed E-state index contributed by atoms with van der Waals surface area (Å²) in [7, 11) is 0. The fraction of sp³-hybridized carbons (Fsp3) is 0.600. The standard InChI is InChI=1S/C5H10N2O2/c1-2-4(8)3-7-5(6)9/h2-3H2,1H3,(H3,6,7,9). The highest BCUT2D eigenvalue weighted by molar-refractivity contribution is 5.84. The number of rotatable bonds is 3. The second-order valence-electron chi connectivity index (χ2n) is 1.61. The van der Waals surface area contributed by atoms with E-state index in [2.05, 4.69) is 5.32 Å². The average molecular weight is 130 g/mol. The van der Waals surface area contributed by atoms with Gasteiger partial charge in [0.05, 0.1) is 6.54 Å². The Morgan fingerprint density at radius 1 is 1.56 bits per heavy atom. The van der Waals surface area contributed by atoms with Crippen LogP contribution in [-0.4, -0.2) is 18.4 Å². The Morgan fingerprint density at radius 2 is 2.11 bits per heavy atom. The van der Waals surface area contributed by atoms with Crippen molar-refractivity contribution in [3.8, 4) is 0 Å². The highest BCUT2D eigenvalue weighted by Crippen LogP contribution is 1.75. The minimum atomic E-state index is -0.656. The molecule has 0 aromatic heterocycles. The van der Waals surface area contributed by atoms with Crippen LogP contribution in [0.2, 0.25) is 0 Å².